The number of aromatic nitrogens is 4. The van der Waals surface area contributed by atoms with Crippen molar-refractivity contribution in [1.29, 1.82) is 0 Å². The number of hydrogen-bond donors (Lipinski definition) is 1. The minimum absolute atomic E-state index is 0.522. The number of nitrogens with two attached hydrogens (primary N) is 1. The predicted octanol–water partition coefficient (Wildman–Crippen LogP) is 2.57. The van der Waals surface area contributed by atoms with Gasteiger partial charge in [0.2, 0.25) is 0 Å². The second kappa shape index (κ2) is 5.41. The lowest BCUT2D eigenvalue weighted by molar-refractivity contribution is 0.414. The zero-order valence-corrected chi connectivity index (χ0v) is 11.9. The molecule has 0 radical (unpaired) electrons. The number of nitrogen functional groups attached to an aromatic ring is 1. The third kappa shape index (κ3) is 2.53. The van der Waals surface area contributed by atoms with Crippen LogP contribution in [0, 0.1) is 0 Å². The maximum absolute atomic E-state index is 6.24. The minimum atomic E-state index is 0.522. The van der Waals surface area contributed by atoms with Crippen molar-refractivity contribution in [2.24, 2.45) is 0 Å². The number of rotatable bonds is 3. The van der Waals surface area contributed by atoms with Crippen LogP contribution in [0.4, 0.5) is 5.69 Å². The normalized spacial score (nSPS) is 10.6. The molecule has 0 saturated carbocycles. The Labute approximate surface area is 126 Å². The monoisotopic (exact) mass is 301 g/mol. The molecule has 21 heavy (non-hydrogen) atoms. The van der Waals surface area contributed by atoms with Crippen LogP contribution in [0.1, 0.15) is 0 Å². The Bertz CT molecular complexity index is 787. The molecule has 0 aliphatic carbocycles. The number of benzene rings is 2. The van der Waals surface area contributed by atoms with Gasteiger partial charge >= 0.3 is 0 Å². The molecule has 0 spiro atoms. The smallest absolute Gasteiger partial charge is 0.187 e. The highest BCUT2D eigenvalue weighted by Crippen LogP contribution is 2.28. The highest BCUT2D eigenvalue weighted by Gasteiger charge is 2.14. The number of hydrogen-bond acceptors (Lipinski definition) is 5. The largest absolute Gasteiger partial charge is 0.497 e. The molecule has 106 valence electrons. The second-order valence-electron chi connectivity index (χ2n) is 4.36. The third-order valence-corrected chi connectivity index (χ3v) is 3.32. The van der Waals surface area contributed by atoms with Gasteiger partial charge in [-0.1, -0.05) is 23.7 Å². The summed E-state index contributed by atoms with van der Waals surface area (Å²) < 4.78 is 6.77. The summed E-state index contributed by atoms with van der Waals surface area (Å²) in [4.78, 5) is 0. The Morgan fingerprint density at radius 2 is 2.05 bits per heavy atom. The van der Waals surface area contributed by atoms with Gasteiger partial charge in [-0.2, -0.15) is 4.68 Å². The third-order valence-electron chi connectivity index (χ3n) is 3.00. The molecule has 6 nitrogen and oxygen atoms in total. The van der Waals surface area contributed by atoms with Gasteiger partial charge in [-0.3, -0.25) is 0 Å². The maximum Gasteiger partial charge on any atom is 0.187 e. The molecule has 0 atom stereocenters. The first kappa shape index (κ1) is 13.4. The average Bonchev–Trinajstić information content (AvgIpc) is 2.97. The molecule has 3 aromatic rings. The molecule has 0 fully saturated rings. The first-order valence-corrected chi connectivity index (χ1v) is 6.55. The van der Waals surface area contributed by atoms with Gasteiger partial charge in [-0.05, 0) is 34.7 Å². The Balaban J connectivity index is 2.15. The summed E-state index contributed by atoms with van der Waals surface area (Å²) in [6, 6.07) is 12.6. The van der Waals surface area contributed by atoms with Crippen molar-refractivity contribution in [1.82, 2.24) is 20.2 Å². The van der Waals surface area contributed by atoms with Gasteiger partial charge in [0.05, 0.1) is 17.8 Å². The van der Waals surface area contributed by atoms with E-state index in [1.165, 1.54) is 0 Å². The highest BCUT2D eigenvalue weighted by molar-refractivity contribution is 6.32. The highest BCUT2D eigenvalue weighted by atomic mass is 35.5. The Kier molecular flexibility index (Phi) is 3.45. The Morgan fingerprint density at radius 1 is 1.19 bits per heavy atom. The van der Waals surface area contributed by atoms with Crippen LogP contribution in [-0.4, -0.2) is 27.3 Å². The molecule has 1 heterocycles. The van der Waals surface area contributed by atoms with Crippen LogP contribution in [0.3, 0.4) is 0 Å². The van der Waals surface area contributed by atoms with E-state index in [-0.39, 0.29) is 0 Å². The molecule has 0 aliphatic heterocycles. The number of anilines is 1. The van der Waals surface area contributed by atoms with Gasteiger partial charge < -0.3 is 10.5 Å². The van der Waals surface area contributed by atoms with Crippen LogP contribution in [0.25, 0.3) is 17.1 Å². The molecule has 0 aliphatic rings. The average molecular weight is 302 g/mol. The predicted molar refractivity (Wildman–Crippen MR) is 80.6 cm³/mol. The topological polar surface area (TPSA) is 78.8 Å². The van der Waals surface area contributed by atoms with Gasteiger partial charge in [0.15, 0.2) is 5.82 Å². The zero-order valence-electron chi connectivity index (χ0n) is 11.2. The Morgan fingerprint density at radius 3 is 2.81 bits per heavy atom. The van der Waals surface area contributed by atoms with Crippen LogP contribution in [0.5, 0.6) is 5.75 Å². The van der Waals surface area contributed by atoms with Crippen LogP contribution in [0.2, 0.25) is 5.02 Å². The lowest BCUT2D eigenvalue weighted by Crippen LogP contribution is -2.01. The molecular formula is C14H12ClN5O. The van der Waals surface area contributed by atoms with Gasteiger partial charge in [0, 0.05) is 17.3 Å². The van der Waals surface area contributed by atoms with Crippen molar-refractivity contribution in [2.75, 3.05) is 12.8 Å². The van der Waals surface area contributed by atoms with Crippen LogP contribution in [0.15, 0.2) is 42.5 Å². The van der Waals surface area contributed by atoms with Gasteiger partial charge in [0.25, 0.3) is 0 Å². The van der Waals surface area contributed by atoms with E-state index in [2.05, 4.69) is 15.5 Å². The molecule has 0 unspecified atom stereocenters. The molecular weight excluding hydrogens is 290 g/mol. The number of methoxy groups -OCH3 is 1. The first-order valence-electron chi connectivity index (χ1n) is 6.17. The molecule has 2 N–H and O–H groups in total. The van der Waals surface area contributed by atoms with E-state index >= 15 is 0 Å². The number of halogens is 1. The van der Waals surface area contributed by atoms with Gasteiger partial charge in [-0.15, -0.1) is 5.10 Å². The van der Waals surface area contributed by atoms with Crippen molar-refractivity contribution in [3.05, 3.63) is 47.5 Å². The molecule has 0 bridgehead atoms. The van der Waals surface area contributed by atoms with E-state index in [4.69, 9.17) is 22.1 Å². The van der Waals surface area contributed by atoms with E-state index in [1.54, 1.807) is 42.1 Å². The lowest BCUT2D eigenvalue weighted by Gasteiger charge is -2.09. The quantitative estimate of drug-likeness (QED) is 0.752. The standard InChI is InChI=1S/C14H12ClN5O/c1-21-11-5-6-12(15)13(8-11)20-14(17-18-19-20)9-3-2-4-10(16)7-9/h2-8H,16H2,1H3. The fraction of sp³-hybridized carbons (Fsp3) is 0.0714. The van der Waals surface area contributed by atoms with Crippen LogP contribution >= 0.6 is 11.6 Å². The fourth-order valence-corrected chi connectivity index (χ4v) is 2.19. The molecule has 0 amide bonds. The van der Waals surface area contributed by atoms with Crippen molar-refractivity contribution < 1.29 is 4.74 Å². The van der Waals surface area contributed by atoms with E-state index < -0.39 is 0 Å². The second-order valence-corrected chi connectivity index (χ2v) is 4.76. The van der Waals surface area contributed by atoms with Crippen molar-refractivity contribution >= 4 is 17.3 Å². The summed E-state index contributed by atoms with van der Waals surface area (Å²) in [6.07, 6.45) is 0. The summed E-state index contributed by atoms with van der Waals surface area (Å²) in [5.74, 6) is 1.22. The fourth-order valence-electron chi connectivity index (χ4n) is 1.99. The van der Waals surface area contributed by atoms with Crippen molar-refractivity contribution in [3.8, 4) is 22.8 Å². The lowest BCUT2D eigenvalue weighted by atomic mass is 10.2. The summed E-state index contributed by atoms with van der Waals surface area (Å²) in [6.45, 7) is 0. The van der Waals surface area contributed by atoms with Crippen LogP contribution < -0.4 is 10.5 Å². The van der Waals surface area contributed by atoms with E-state index in [0.29, 0.717) is 28.0 Å². The Hall–Kier alpha value is -2.60. The number of ether oxygens (including phenoxy) is 1. The summed E-state index contributed by atoms with van der Waals surface area (Å²) >= 11 is 6.24. The summed E-state index contributed by atoms with van der Waals surface area (Å²) in [5, 5.41) is 12.3. The molecule has 1 aromatic heterocycles. The maximum atomic E-state index is 6.24. The van der Waals surface area contributed by atoms with E-state index in [0.717, 1.165) is 5.56 Å². The van der Waals surface area contributed by atoms with E-state index in [9.17, 15) is 0 Å². The van der Waals surface area contributed by atoms with E-state index in [1.807, 2.05) is 12.1 Å². The molecule has 7 heteroatoms. The SMILES string of the molecule is COc1ccc(Cl)c(-n2nnnc2-c2cccc(N)c2)c1. The summed E-state index contributed by atoms with van der Waals surface area (Å²) in [5.41, 5.74) is 7.88. The minimum Gasteiger partial charge on any atom is -0.497 e. The number of tetrazole rings is 1. The molecule has 0 saturated heterocycles. The van der Waals surface area contributed by atoms with Gasteiger partial charge in [0.1, 0.15) is 5.75 Å². The zero-order chi connectivity index (χ0) is 14.8. The number of nitrogens with zero attached hydrogens (tertiary/aromatic N) is 4. The van der Waals surface area contributed by atoms with Crippen molar-refractivity contribution in [2.45, 2.75) is 0 Å². The molecule has 2 aromatic carbocycles. The first-order chi connectivity index (χ1) is 10.2. The molecule has 3 rings (SSSR count). The van der Waals surface area contributed by atoms with Gasteiger partial charge in [-0.25, -0.2) is 0 Å². The summed E-state index contributed by atoms with van der Waals surface area (Å²) in [7, 11) is 1.59. The van der Waals surface area contributed by atoms with Crippen molar-refractivity contribution in [3.63, 3.8) is 0 Å². The van der Waals surface area contributed by atoms with Crippen LogP contribution in [-0.2, 0) is 0 Å².